The van der Waals surface area contributed by atoms with Crippen molar-refractivity contribution in [2.24, 2.45) is 0 Å². The Hall–Kier alpha value is -1.20. The van der Waals surface area contributed by atoms with Gasteiger partial charge in [0.05, 0.1) is 6.54 Å². The van der Waals surface area contributed by atoms with Crippen LogP contribution in [0.2, 0.25) is 0 Å². The van der Waals surface area contributed by atoms with Crippen LogP contribution in [0.4, 0.5) is 8.78 Å². The first-order valence-electron chi connectivity index (χ1n) is 5.61. The molecule has 98 valence electrons. The number of likely N-dealkylation sites (tertiary alicyclic amines) is 1. The van der Waals surface area contributed by atoms with E-state index in [1.807, 2.05) is 6.07 Å². The number of rotatable bonds is 3. The second-order valence-electron chi connectivity index (χ2n) is 4.32. The molecule has 1 atom stereocenters. The number of carbonyl (C=O) groups is 1. The van der Waals surface area contributed by atoms with E-state index in [2.05, 4.69) is 4.84 Å². The minimum Gasteiger partial charge on any atom is -0.335 e. The molecule has 1 aliphatic heterocycles. The van der Waals surface area contributed by atoms with Crippen molar-refractivity contribution in [1.82, 2.24) is 9.74 Å². The third-order valence-electron chi connectivity index (χ3n) is 2.97. The van der Waals surface area contributed by atoms with Gasteiger partial charge in [-0.1, -0.05) is 30.3 Å². The van der Waals surface area contributed by atoms with Gasteiger partial charge in [-0.3, -0.25) is 4.79 Å². The lowest BCUT2D eigenvalue weighted by atomic mass is 10.1. The van der Waals surface area contributed by atoms with Gasteiger partial charge < -0.3 is 4.90 Å². The maximum Gasteiger partial charge on any atom is 0.267 e. The molecule has 1 N–H and O–H groups in total. The standard InChI is InChI=1S/C12H13ClF2N2O/c13-16-10(9-4-2-1-3-5-9)11(18)17-7-6-12(14,15)8-17/h1-5,10,16H,6-8H2. The van der Waals surface area contributed by atoms with Crippen molar-refractivity contribution in [1.29, 1.82) is 0 Å². The Labute approximate surface area is 109 Å². The largest absolute Gasteiger partial charge is 0.335 e. The number of hydrogen-bond acceptors (Lipinski definition) is 2. The highest BCUT2D eigenvalue weighted by Crippen LogP contribution is 2.29. The molecule has 2 rings (SSSR count). The third-order valence-corrected chi connectivity index (χ3v) is 3.19. The molecular formula is C12H13ClF2N2O. The minimum absolute atomic E-state index is 0.0632. The SMILES string of the molecule is O=C(C(NCl)c1ccccc1)N1CCC(F)(F)C1. The molecule has 0 spiro atoms. The van der Waals surface area contributed by atoms with Gasteiger partial charge in [-0.2, -0.15) is 0 Å². The lowest BCUT2D eigenvalue weighted by Gasteiger charge is -2.22. The minimum atomic E-state index is -2.79. The Morgan fingerprint density at radius 1 is 1.39 bits per heavy atom. The van der Waals surface area contributed by atoms with Gasteiger partial charge in [0.15, 0.2) is 0 Å². The summed E-state index contributed by atoms with van der Waals surface area (Å²) in [7, 11) is 0. The maximum atomic E-state index is 13.1. The van der Waals surface area contributed by atoms with E-state index < -0.39 is 24.4 Å². The molecule has 0 aliphatic carbocycles. The van der Waals surface area contributed by atoms with E-state index in [9.17, 15) is 13.6 Å². The van der Waals surface area contributed by atoms with Crippen LogP contribution < -0.4 is 4.84 Å². The van der Waals surface area contributed by atoms with Gasteiger partial charge in [0.25, 0.3) is 5.92 Å². The molecule has 18 heavy (non-hydrogen) atoms. The molecule has 6 heteroatoms. The summed E-state index contributed by atoms with van der Waals surface area (Å²) >= 11 is 5.56. The zero-order valence-electron chi connectivity index (χ0n) is 9.57. The molecule has 0 bridgehead atoms. The number of nitrogens with zero attached hydrogens (tertiary/aromatic N) is 1. The van der Waals surface area contributed by atoms with E-state index in [1.165, 1.54) is 0 Å². The number of carbonyl (C=O) groups excluding carboxylic acids is 1. The van der Waals surface area contributed by atoms with Crippen molar-refractivity contribution in [3.63, 3.8) is 0 Å². The molecule has 1 aromatic rings. The number of halogens is 3. The molecule has 3 nitrogen and oxygen atoms in total. The maximum absolute atomic E-state index is 13.1. The zero-order chi connectivity index (χ0) is 13.2. The summed E-state index contributed by atoms with van der Waals surface area (Å²) in [4.78, 5) is 15.6. The van der Waals surface area contributed by atoms with Crippen LogP contribution in [-0.4, -0.2) is 29.8 Å². The van der Waals surface area contributed by atoms with Crippen LogP contribution in [0.3, 0.4) is 0 Å². The number of nitrogens with one attached hydrogen (secondary N) is 1. The summed E-state index contributed by atoms with van der Waals surface area (Å²) in [6.45, 7) is -0.471. The van der Waals surface area contributed by atoms with E-state index in [-0.39, 0.29) is 13.0 Å². The first-order chi connectivity index (χ1) is 8.53. The highest BCUT2D eigenvalue weighted by Gasteiger charge is 2.41. The van der Waals surface area contributed by atoms with Crippen LogP contribution in [0, 0.1) is 0 Å². The number of alkyl halides is 2. The fraction of sp³-hybridized carbons (Fsp3) is 0.417. The zero-order valence-corrected chi connectivity index (χ0v) is 10.3. The Morgan fingerprint density at radius 3 is 2.56 bits per heavy atom. The Bertz CT molecular complexity index is 427. The van der Waals surface area contributed by atoms with Crippen molar-refractivity contribution in [2.45, 2.75) is 18.4 Å². The van der Waals surface area contributed by atoms with Crippen LogP contribution in [-0.2, 0) is 4.79 Å². The molecule has 1 aromatic carbocycles. The quantitative estimate of drug-likeness (QED) is 0.858. The summed E-state index contributed by atoms with van der Waals surface area (Å²) in [5.41, 5.74) is 0.660. The van der Waals surface area contributed by atoms with Crippen molar-refractivity contribution >= 4 is 17.7 Å². The predicted molar refractivity (Wildman–Crippen MR) is 64.3 cm³/mol. The summed E-state index contributed by atoms with van der Waals surface area (Å²) in [6.07, 6.45) is -0.289. The van der Waals surface area contributed by atoms with Crippen molar-refractivity contribution in [3.8, 4) is 0 Å². The van der Waals surface area contributed by atoms with Gasteiger partial charge in [0, 0.05) is 13.0 Å². The second-order valence-corrected chi connectivity index (χ2v) is 4.54. The van der Waals surface area contributed by atoms with Crippen LogP contribution in [0.5, 0.6) is 0 Å². The average Bonchev–Trinajstić information content (AvgIpc) is 2.72. The smallest absolute Gasteiger partial charge is 0.267 e. The summed E-state index contributed by atoms with van der Waals surface area (Å²) < 4.78 is 26.2. The molecule has 1 heterocycles. The predicted octanol–water partition coefficient (Wildman–Crippen LogP) is 2.34. The molecule has 1 amide bonds. The Balaban J connectivity index is 2.12. The first-order valence-corrected chi connectivity index (χ1v) is 5.99. The first kappa shape index (κ1) is 13.2. The van der Waals surface area contributed by atoms with Crippen LogP contribution in [0.1, 0.15) is 18.0 Å². The lowest BCUT2D eigenvalue weighted by molar-refractivity contribution is -0.133. The molecular weight excluding hydrogens is 262 g/mol. The highest BCUT2D eigenvalue weighted by atomic mass is 35.5. The van der Waals surface area contributed by atoms with Gasteiger partial charge in [-0.05, 0) is 17.3 Å². The number of hydrogen-bond donors (Lipinski definition) is 1. The fourth-order valence-electron chi connectivity index (χ4n) is 2.00. The van der Waals surface area contributed by atoms with E-state index in [1.54, 1.807) is 24.3 Å². The summed E-state index contributed by atoms with van der Waals surface area (Å²) in [6, 6.07) is 8.01. The molecule has 0 radical (unpaired) electrons. The van der Waals surface area contributed by atoms with E-state index in [0.29, 0.717) is 5.56 Å². The van der Waals surface area contributed by atoms with Crippen molar-refractivity contribution in [2.75, 3.05) is 13.1 Å². The summed E-state index contributed by atoms with van der Waals surface area (Å²) in [5, 5.41) is 0. The van der Waals surface area contributed by atoms with Gasteiger partial charge in [-0.25, -0.2) is 13.6 Å². The molecule has 1 aliphatic rings. The van der Waals surface area contributed by atoms with Crippen LogP contribution in [0.15, 0.2) is 30.3 Å². The van der Waals surface area contributed by atoms with Crippen LogP contribution in [0.25, 0.3) is 0 Å². The average molecular weight is 275 g/mol. The van der Waals surface area contributed by atoms with Crippen molar-refractivity contribution in [3.05, 3.63) is 35.9 Å². The molecule has 0 aromatic heterocycles. The van der Waals surface area contributed by atoms with Gasteiger partial charge in [0.1, 0.15) is 6.04 Å². The Kier molecular flexibility index (Phi) is 3.82. The monoisotopic (exact) mass is 274 g/mol. The molecule has 1 unspecified atom stereocenters. The highest BCUT2D eigenvalue weighted by molar-refractivity contribution is 6.15. The second kappa shape index (κ2) is 5.20. The number of amides is 1. The van der Waals surface area contributed by atoms with Gasteiger partial charge >= 0.3 is 0 Å². The summed E-state index contributed by atoms with van der Waals surface area (Å²) in [5.74, 6) is -3.21. The molecule has 1 fully saturated rings. The van der Waals surface area contributed by atoms with Crippen LogP contribution >= 0.6 is 11.8 Å². The van der Waals surface area contributed by atoms with E-state index >= 15 is 0 Å². The third kappa shape index (κ3) is 2.79. The topological polar surface area (TPSA) is 32.3 Å². The lowest BCUT2D eigenvalue weighted by Crippen LogP contribution is -2.38. The fourth-order valence-corrected chi connectivity index (χ4v) is 2.22. The normalized spacial score (nSPS) is 19.8. The van der Waals surface area contributed by atoms with E-state index in [4.69, 9.17) is 11.8 Å². The van der Waals surface area contributed by atoms with E-state index in [0.717, 1.165) is 4.90 Å². The number of benzene rings is 1. The molecule has 0 saturated carbocycles. The van der Waals surface area contributed by atoms with Crippen molar-refractivity contribution < 1.29 is 13.6 Å². The Morgan fingerprint density at radius 2 is 2.06 bits per heavy atom. The molecule has 1 saturated heterocycles. The van der Waals surface area contributed by atoms with Gasteiger partial charge in [-0.15, -0.1) is 0 Å². The van der Waals surface area contributed by atoms with Gasteiger partial charge in [0.2, 0.25) is 5.91 Å².